The zero-order valence-corrected chi connectivity index (χ0v) is 14.2. The van der Waals surface area contributed by atoms with Crippen LogP contribution in [0.3, 0.4) is 0 Å². The van der Waals surface area contributed by atoms with Crippen LogP contribution < -0.4 is 4.72 Å². The van der Waals surface area contributed by atoms with E-state index in [4.69, 9.17) is 0 Å². The molecule has 118 valence electrons. The van der Waals surface area contributed by atoms with Crippen LogP contribution in [-0.2, 0) is 21.2 Å². The molecule has 0 saturated carbocycles. The minimum Gasteiger partial charge on any atom is -0.273 e. The van der Waals surface area contributed by atoms with Gasteiger partial charge in [0.1, 0.15) is 0 Å². The first-order chi connectivity index (χ1) is 9.63. The van der Waals surface area contributed by atoms with Crippen molar-refractivity contribution >= 4 is 15.9 Å². The lowest BCUT2D eigenvalue weighted by molar-refractivity contribution is -0.120. The zero-order chi connectivity index (χ0) is 16.2. The minimum absolute atomic E-state index is 0.486. The van der Waals surface area contributed by atoms with Crippen LogP contribution in [0.1, 0.15) is 51.7 Å². The number of sulfonamides is 1. The summed E-state index contributed by atoms with van der Waals surface area (Å²) in [7, 11) is -3.57. The normalized spacial score (nSPS) is 13.5. The SMILES string of the molecule is CC(C)Cc1ccc([C@@H](C)C(=O)NS(=O)(=O)C(C)C)cc1. The molecule has 0 aromatic heterocycles. The third-order valence-electron chi connectivity index (χ3n) is 3.38. The Kier molecular flexibility index (Phi) is 5.96. The molecule has 4 nitrogen and oxygen atoms in total. The molecule has 1 atom stereocenters. The predicted molar refractivity (Wildman–Crippen MR) is 85.6 cm³/mol. The molecule has 0 unspecified atom stereocenters. The van der Waals surface area contributed by atoms with Gasteiger partial charge in [-0.2, -0.15) is 0 Å². The van der Waals surface area contributed by atoms with Crippen LogP contribution in [0.2, 0.25) is 0 Å². The predicted octanol–water partition coefficient (Wildman–Crippen LogP) is 2.84. The first-order valence-electron chi connectivity index (χ1n) is 7.27. The molecule has 1 amide bonds. The fourth-order valence-corrected chi connectivity index (χ4v) is 2.60. The van der Waals surface area contributed by atoms with E-state index in [1.54, 1.807) is 20.8 Å². The molecule has 0 bridgehead atoms. The summed E-state index contributed by atoms with van der Waals surface area (Å²) < 4.78 is 25.6. The summed E-state index contributed by atoms with van der Waals surface area (Å²) >= 11 is 0. The van der Waals surface area contributed by atoms with Crippen LogP contribution >= 0.6 is 0 Å². The third-order valence-corrected chi connectivity index (χ3v) is 5.11. The van der Waals surface area contributed by atoms with Gasteiger partial charge in [-0.1, -0.05) is 38.1 Å². The topological polar surface area (TPSA) is 63.2 Å². The van der Waals surface area contributed by atoms with Gasteiger partial charge in [0.15, 0.2) is 0 Å². The van der Waals surface area contributed by atoms with Gasteiger partial charge >= 0.3 is 0 Å². The van der Waals surface area contributed by atoms with Crippen LogP contribution in [0.5, 0.6) is 0 Å². The Balaban J connectivity index is 2.79. The molecule has 21 heavy (non-hydrogen) atoms. The van der Waals surface area contributed by atoms with Crippen LogP contribution in [0.25, 0.3) is 0 Å². The molecule has 0 radical (unpaired) electrons. The summed E-state index contributed by atoms with van der Waals surface area (Å²) in [6, 6.07) is 7.78. The second kappa shape index (κ2) is 7.07. The molecule has 0 heterocycles. The summed E-state index contributed by atoms with van der Waals surface area (Å²) in [5.74, 6) is -0.403. The highest BCUT2D eigenvalue weighted by Crippen LogP contribution is 2.18. The highest BCUT2D eigenvalue weighted by atomic mass is 32.2. The van der Waals surface area contributed by atoms with Gasteiger partial charge in [-0.15, -0.1) is 0 Å². The Morgan fingerprint density at radius 3 is 2.00 bits per heavy atom. The summed E-state index contributed by atoms with van der Waals surface area (Å²) in [6.07, 6.45) is 0.989. The number of carbonyl (C=O) groups excluding carboxylic acids is 1. The third kappa shape index (κ3) is 5.16. The average Bonchev–Trinajstić information content (AvgIpc) is 2.37. The van der Waals surface area contributed by atoms with Crippen molar-refractivity contribution in [1.82, 2.24) is 4.72 Å². The van der Waals surface area contributed by atoms with Crippen LogP contribution in [0.4, 0.5) is 0 Å². The molecule has 0 aliphatic carbocycles. The second-order valence-electron chi connectivity index (χ2n) is 6.12. The molecular weight excluding hydrogens is 286 g/mol. The number of hydrogen-bond donors (Lipinski definition) is 1. The van der Waals surface area contributed by atoms with Crippen molar-refractivity contribution < 1.29 is 13.2 Å². The Bertz CT molecular complexity index is 574. The number of carbonyl (C=O) groups is 1. The molecule has 0 fully saturated rings. The number of hydrogen-bond acceptors (Lipinski definition) is 3. The highest BCUT2D eigenvalue weighted by molar-refractivity contribution is 7.90. The van der Waals surface area contributed by atoms with Crippen molar-refractivity contribution in [1.29, 1.82) is 0 Å². The molecular formula is C16H25NO3S. The molecule has 0 spiro atoms. The summed E-state index contributed by atoms with van der Waals surface area (Å²) in [5, 5.41) is -0.623. The maximum absolute atomic E-state index is 12.0. The summed E-state index contributed by atoms with van der Waals surface area (Å²) in [6.45, 7) is 9.10. The van der Waals surface area contributed by atoms with Crippen molar-refractivity contribution in [3.63, 3.8) is 0 Å². The van der Waals surface area contributed by atoms with E-state index in [9.17, 15) is 13.2 Å². The Labute approximate surface area is 128 Å². The maximum atomic E-state index is 12.0. The molecule has 1 N–H and O–H groups in total. The molecule has 1 rings (SSSR count). The van der Waals surface area contributed by atoms with Gasteiger partial charge in [0.25, 0.3) is 0 Å². The van der Waals surface area contributed by atoms with Crippen LogP contribution in [0, 0.1) is 5.92 Å². The fraction of sp³-hybridized carbons (Fsp3) is 0.562. The number of amides is 1. The Morgan fingerprint density at radius 1 is 1.05 bits per heavy atom. The van der Waals surface area contributed by atoms with Gasteiger partial charge < -0.3 is 0 Å². The highest BCUT2D eigenvalue weighted by Gasteiger charge is 2.23. The Morgan fingerprint density at radius 2 is 1.57 bits per heavy atom. The van der Waals surface area contributed by atoms with Gasteiger partial charge in [-0.3, -0.25) is 9.52 Å². The van der Waals surface area contributed by atoms with E-state index < -0.39 is 27.1 Å². The van der Waals surface area contributed by atoms with Gasteiger partial charge in [0, 0.05) is 0 Å². The van der Waals surface area contributed by atoms with E-state index in [-0.39, 0.29) is 0 Å². The van der Waals surface area contributed by atoms with E-state index in [0.29, 0.717) is 5.92 Å². The van der Waals surface area contributed by atoms with Gasteiger partial charge in [0.05, 0.1) is 11.2 Å². The van der Waals surface area contributed by atoms with Crippen molar-refractivity contribution in [3.8, 4) is 0 Å². The quantitative estimate of drug-likeness (QED) is 0.878. The van der Waals surface area contributed by atoms with E-state index in [2.05, 4.69) is 18.6 Å². The molecule has 0 aliphatic heterocycles. The van der Waals surface area contributed by atoms with E-state index >= 15 is 0 Å². The van der Waals surface area contributed by atoms with Crippen LogP contribution in [0.15, 0.2) is 24.3 Å². The smallest absolute Gasteiger partial charge is 0.240 e. The molecule has 1 aromatic carbocycles. The lowest BCUT2D eigenvalue weighted by Crippen LogP contribution is -2.38. The van der Waals surface area contributed by atoms with E-state index in [1.165, 1.54) is 5.56 Å². The summed E-state index contributed by atoms with van der Waals surface area (Å²) in [5.41, 5.74) is 2.04. The molecule has 0 saturated heterocycles. The lowest BCUT2D eigenvalue weighted by atomic mass is 9.96. The van der Waals surface area contributed by atoms with E-state index in [1.807, 2.05) is 24.3 Å². The maximum Gasteiger partial charge on any atom is 0.240 e. The second-order valence-corrected chi connectivity index (χ2v) is 8.36. The average molecular weight is 311 g/mol. The molecule has 5 heteroatoms. The monoisotopic (exact) mass is 311 g/mol. The molecule has 0 aliphatic rings. The minimum atomic E-state index is -3.57. The first kappa shape index (κ1) is 17.7. The van der Waals surface area contributed by atoms with Crippen molar-refractivity contribution in [2.45, 2.75) is 52.2 Å². The molecule has 1 aromatic rings. The standard InChI is InChI=1S/C16H25NO3S/c1-11(2)10-14-6-8-15(9-7-14)13(5)16(18)17-21(19,20)12(3)4/h6-9,11-13H,10H2,1-5H3,(H,17,18)/t13-/m1/s1. The lowest BCUT2D eigenvalue weighted by Gasteiger charge is -2.15. The van der Waals surface area contributed by atoms with Crippen molar-refractivity contribution in [3.05, 3.63) is 35.4 Å². The first-order valence-corrected chi connectivity index (χ1v) is 8.82. The van der Waals surface area contributed by atoms with Gasteiger partial charge in [0.2, 0.25) is 15.9 Å². The largest absolute Gasteiger partial charge is 0.273 e. The van der Waals surface area contributed by atoms with Gasteiger partial charge in [-0.25, -0.2) is 8.42 Å². The van der Waals surface area contributed by atoms with Crippen molar-refractivity contribution in [2.24, 2.45) is 5.92 Å². The van der Waals surface area contributed by atoms with E-state index in [0.717, 1.165) is 12.0 Å². The fourth-order valence-electron chi connectivity index (χ4n) is 1.91. The van der Waals surface area contributed by atoms with Gasteiger partial charge in [-0.05, 0) is 44.2 Å². The zero-order valence-electron chi connectivity index (χ0n) is 13.4. The van der Waals surface area contributed by atoms with Crippen LogP contribution in [-0.4, -0.2) is 19.6 Å². The number of rotatable bonds is 6. The summed E-state index contributed by atoms with van der Waals surface area (Å²) in [4.78, 5) is 12.0. The Hall–Kier alpha value is -1.36. The van der Waals surface area contributed by atoms with Crippen molar-refractivity contribution in [2.75, 3.05) is 0 Å². The number of nitrogens with one attached hydrogen (secondary N) is 1. The number of benzene rings is 1.